The standard InChI is InChI=1S/C36H44N4O/c1-9-21-20(8)36(41)35-19-34-27(15-7)26(14-6)33(39-34)18-32-25(13-5)24(12-4)31(38-32)17-30-23(11-3)22(10-2)29(37-30)16-28(21)40-35/h16-19,40-41H,9-15H2,1-8H3. The van der Waals surface area contributed by atoms with Gasteiger partial charge in [-0.05, 0) is 121 Å². The minimum absolute atomic E-state index is 0.284. The number of rotatable bonds is 7. The molecule has 5 rings (SSSR count). The first-order chi connectivity index (χ1) is 19.8. The number of aliphatic hydroxyl groups is 1. The average molecular weight is 549 g/mol. The minimum atomic E-state index is 0.284. The van der Waals surface area contributed by atoms with E-state index in [4.69, 9.17) is 15.0 Å². The largest absolute Gasteiger partial charge is 0.505 e. The van der Waals surface area contributed by atoms with Gasteiger partial charge in [-0.3, -0.25) is 0 Å². The third-order valence-corrected chi connectivity index (χ3v) is 8.91. The van der Waals surface area contributed by atoms with Gasteiger partial charge in [0.2, 0.25) is 0 Å². The molecule has 0 aliphatic carbocycles. The highest BCUT2D eigenvalue weighted by Crippen LogP contribution is 2.39. The van der Waals surface area contributed by atoms with E-state index in [0.29, 0.717) is 5.70 Å². The molecular formula is C36H44N4O. The van der Waals surface area contributed by atoms with E-state index in [-0.39, 0.29) is 5.76 Å². The van der Waals surface area contributed by atoms with E-state index in [1.165, 1.54) is 33.4 Å². The zero-order valence-corrected chi connectivity index (χ0v) is 26.0. The summed E-state index contributed by atoms with van der Waals surface area (Å²) in [7, 11) is 0. The van der Waals surface area contributed by atoms with Gasteiger partial charge in [0, 0.05) is 5.70 Å². The van der Waals surface area contributed by atoms with E-state index in [2.05, 4.69) is 72.0 Å². The summed E-state index contributed by atoms with van der Waals surface area (Å²) in [5, 5.41) is 14.9. The number of dihydropyridines is 1. The number of nitrogens with one attached hydrogen (secondary N) is 1. The van der Waals surface area contributed by atoms with Crippen molar-refractivity contribution in [2.45, 2.75) is 100 Å². The topological polar surface area (TPSA) is 69.3 Å². The van der Waals surface area contributed by atoms with Crippen LogP contribution in [0.3, 0.4) is 0 Å². The van der Waals surface area contributed by atoms with Crippen LogP contribution in [0.25, 0.3) is 0 Å². The van der Waals surface area contributed by atoms with Crippen LogP contribution >= 0.6 is 0 Å². The fraction of sp³-hybridized carbons (Fsp3) is 0.417. The summed E-state index contributed by atoms with van der Waals surface area (Å²) < 4.78 is 0. The maximum atomic E-state index is 11.3. The number of aliphatic hydroxyl groups excluding tert-OH is 1. The van der Waals surface area contributed by atoms with Crippen LogP contribution in [-0.2, 0) is 0 Å². The number of fused-ring (bicyclic) bond motifs is 5. The predicted octanol–water partition coefficient (Wildman–Crippen LogP) is 9.35. The highest BCUT2D eigenvalue weighted by Gasteiger charge is 2.29. The Hall–Kier alpha value is -3.73. The van der Waals surface area contributed by atoms with Crippen molar-refractivity contribution in [3.05, 3.63) is 103 Å². The Morgan fingerprint density at radius 3 is 1.27 bits per heavy atom. The molecular weight excluding hydrogens is 504 g/mol. The summed E-state index contributed by atoms with van der Waals surface area (Å²) >= 11 is 0. The monoisotopic (exact) mass is 548 g/mol. The van der Waals surface area contributed by atoms with Gasteiger partial charge < -0.3 is 10.4 Å². The van der Waals surface area contributed by atoms with Gasteiger partial charge in [0.05, 0.1) is 39.9 Å². The molecule has 0 amide bonds. The molecule has 0 saturated heterocycles. The van der Waals surface area contributed by atoms with Crippen LogP contribution in [0.1, 0.15) is 100 Å². The fourth-order valence-electron chi connectivity index (χ4n) is 6.85. The maximum absolute atomic E-state index is 11.3. The normalized spacial score (nSPS) is 20.7. The predicted molar refractivity (Wildman–Crippen MR) is 173 cm³/mol. The Labute approximate surface area is 245 Å². The van der Waals surface area contributed by atoms with E-state index >= 15 is 0 Å². The quantitative estimate of drug-likeness (QED) is 0.333. The summed E-state index contributed by atoms with van der Waals surface area (Å²) in [6.07, 6.45) is 14.8. The van der Waals surface area contributed by atoms with Crippen LogP contribution in [0.15, 0.2) is 118 Å². The van der Waals surface area contributed by atoms with Gasteiger partial charge >= 0.3 is 0 Å². The summed E-state index contributed by atoms with van der Waals surface area (Å²) in [5.74, 6) is 0.284. The lowest BCUT2D eigenvalue weighted by Crippen LogP contribution is -2.23. The van der Waals surface area contributed by atoms with Crippen LogP contribution in [-0.4, -0.2) is 22.2 Å². The van der Waals surface area contributed by atoms with Crippen molar-refractivity contribution in [2.24, 2.45) is 15.0 Å². The lowest BCUT2D eigenvalue weighted by Gasteiger charge is -2.24. The highest BCUT2D eigenvalue weighted by atomic mass is 16.3. The van der Waals surface area contributed by atoms with Gasteiger partial charge in [-0.25, -0.2) is 15.0 Å². The van der Waals surface area contributed by atoms with Crippen molar-refractivity contribution in [2.75, 3.05) is 0 Å². The summed E-state index contributed by atoms with van der Waals surface area (Å²) in [5.41, 5.74) is 17.3. The van der Waals surface area contributed by atoms with Crippen molar-refractivity contribution < 1.29 is 5.11 Å². The van der Waals surface area contributed by atoms with Crippen LogP contribution in [0.2, 0.25) is 0 Å². The molecule has 5 nitrogen and oxygen atoms in total. The van der Waals surface area contributed by atoms with Gasteiger partial charge in [-0.1, -0.05) is 48.5 Å². The molecule has 214 valence electrons. The van der Waals surface area contributed by atoms with Crippen molar-refractivity contribution in [3.63, 3.8) is 0 Å². The lowest BCUT2D eigenvalue weighted by atomic mass is 9.93. The van der Waals surface area contributed by atoms with Crippen molar-refractivity contribution in [1.82, 2.24) is 5.32 Å². The molecule has 5 aliphatic rings. The van der Waals surface area contributed by atoms with E-state index in [1.54, 1.807) is 0 Å². The molecule has 0 radical (unpaired) electrons. The van der Waals surface area contributed by atoms with Gasteiger partial charge in [-0.2, -0.15) is 0 Å². The van der Waals surface area contributed by atoms with Crippen LogP contribution in [0.4, 0.5) is 0 Å². The number of allylic oxidation sites excluding steroid dienone is 12. The second-order valence-electron chi connectivity index (χ2n) is 11.0. The second-order valence-corrected chi connectivity index (χ2v) is 11.0. The molecule has 5 aliphatic heterocycles. The molecule has 0 spiro atoms. The Bertz CT molecular complexity index is 1580. The molecule has 0 unspecified atom stereocenters. The first kappa shape index (κ1) is 28.8. The molecule has 0 saturated carbocycles. The number of hydrogen-bond donors (Lipinski definition) is 2. The molecule has 0 fully saturated rings. The zero-order valence-electron chi connectivity index (χ0n) is 26.0. The van der Waals surface area contributed by atoms with Gasteiger partial charge in [0.15, 0.2) is 0 Å². The van der Waals surface area contributed by atoms with Crippen molar-refractivity contribution >= 4 is 17.1 Å². The van der Waals surface area contributed by atoms with Crippen LogP contribution in [0, 0.1) is 0 Å². The smallest absolute Gasteiger partial charge is 0.142 e. The first-order valence-corrected chi connectivity index (χ1v) is 15.5. The number of hydrogen-bond acceptors (Lipinski definition) is 5. The van der Waals surface area contributed by atoms with E-state index in [1.807, 2.05) is 13.0 Å². The molecule has 0 aromatic heterocycles. The van der Waals surface area contributed by atoms with E-state index in [9.17, 15) is 5.11 Å². The maximum Gasteiger partial charge on any atom is 0.142 e. The Morgan fingerprint density at radius 2 is 0.878 bits per heavy atom. The van der Waals surface area contributed by atoms with Crippen molar-refractivity contribution in [3.8, 4) is 0 Å². The molecule has 0 atom stereocenters. The molecule has 5 heterocycles. The third kappa shape index (κ3) is 4.79. The number of nitrogens with zero attached hydrogens (tertiary/aromatic N) is 3. The van der Waals surface area contributed by atoms with E-state index in [0.717, 1.165) is 96.0 Å². The molecule has 5 heteroatoms. The first-order valence-electron chi connectivity index (χ1n) is 15.5. The Balaban J connectivity index is 1.86. The Kier molecular flexibility index (Phi) is 8.17. The summed E-state index contributed by atoms with van der Waals surface area (Å²) in [6.45, 7) is 17.4. The van der Waals surface area contributed by atoms with E-state index < -0.39 is 0 Å². The van der Waals surface area contributed by atoms with Crippen molar-refractivity contribution in [1.29, 1.82) is 0 Å². The number of aliphatic imine (C=N–C) groups is 3. The second kappa shape index (κ2) is 11.6. The molecule has 2 N–H and O–H groups in total. The SMILES string of the molecule is CCC1=C(C)C(O)=C2C=C3N=C(C=C4N=C(C=C5N=C(C=C1N2)C(CC)=C5CC)C(CC)=C4CC)C(CC)=C3CC. The molecule has 0 aromatic carbocycles. The van der Waals surface area contributed by atoms with Gasteiger partial charge in [-0.15, -0.1) is 0 Å². The molecule has 41 heavy (non-hydrogen) atoms. The molecule has 0 aromatic rings. The minimum Gasteiger partial charge on any atom is -0.505 e. The van der Waals surface area contributed by atoms with Crippen LogP contribution < -0.4 is 5.32 Å². The summed E-state index contributed by atoms with van der Waals surface area (Å²) in [4.78, 5) is 15.6. The molecule has 8 bridgehead atoms. The fourth-order valence-corrected chi connectivity index (χ4v) is 6.85. The zero-order chi connectivity index (χ0) is 29.4. The lowest BCUT2D eigenvalue weighted by molar-refractivity contribution is 0.410. The van der Waals surface area contributed by atoms with Crippen LogP contribution in [0.5, 0.6) is 0 Å². The Morgan fingerprint density at radius 1 is 0.512 bits per heavy atom. The summed E-state index contributed by atoms with van der Waals surface area (Å²) in [6, 6.07) is 0. The third-order valence-electron chi connectivity index (χ3n) is 8.91. The van der Waals surface area contributed by atoms with Gasteiger partial charge in [0.25, 0.3) is 0 Å². The highest BCUT2D eigenvalue weighted by molar-refractivity contribution is 6.18. The van der Waals surface area contributed by atoms with Gasteiger partial charge in [0.1, 0.15) is 5.76 Å². The average Bonchev–Trinajstić information content (AvgIpc) is 3.60.